The molecule has 0 aliphatic heterocycles. The van der Waals surface area contributed by atoms with Crippen molar-refractivity contribution in [2.24, 2.45) is 11.7 Å². The first-order valence-corrected chi connectivity index (χ1v) is 15.0. The summed E-state index contributed by atoms with van der Waals surface area (Å²) < 4.78 is 88.8. The van der Waals surface area contributed by atoms with Crippen molar-refractivity contribution in [2.45, 2.75) is 67.0 Å². The molecule has 16 heteroatoms. The number of sulfonamides is 1. The van der Waals surface area contributed by atoms with Crippen molar-refractivity contribution in [3.63, 3.8) is 0 Å². The van der Waals surface area contributed by atoms with Crippen molar-refractivity contribution in [1.29, 1.82) is 0 Å². The minimum Gasteiger partial charge on any atom is -0.391 e. The first-order chi connectivity index (χ1) is 18.8. The Morgan fingerprint density at radius 2 is 1.88 bits per heavy atom. The fourth-order valence-electron chi connectivity index (χ4n) is 4.30. The summed E-state index contributed by atoms with van der Waals surface area (Å²) in [6, 6.07) is 5.61. The maximum atomic E-state index is 12.7. The molecule has 3 N–H and O–H groups in total. The van der Waals surface area contributed by atoms with E-state index >= 15 is 0 Å². The van der Waals surface area contributed by atoms with Crippen LogP contribution in [0.4, 0.5) is 27.6 Å². The van der Waals surface area contributed by atoms with Gasteiger partial charge in [-0.05, 0) is 37.1 Å². The van der Waals surface area contributed by atoms with Gasteiger partial charge in [0, 0.05) is 25.2 Å². The Labute approximate surface area is 233 Å². The number of primary amides is 1. The number of carbonyl (C=O) groups excluding carboxylic acids is 1. The zero-order valence-corrected chi connectivity index (χ0v) is 23.4. The Morgan fingerprint density at radius 1 is 1.23 bits per heavy atom. The highest BCUT2D eigenvalue weighted by molar-refractivity contribution is 7.99. The van der Waals surface area contributed by atoms with Crippen molar-refractivity contribution in [3.8, 4) is 0 Å². The van der Waals surface area contributed by atoms with Crippen LogP contribution in [0, 0.1) is 5.92 Å². The third kappa shape index (κ3) is 9.23. The quantitative estimate of drug-likeness (QED) is 0.240. The third-order valence-electron chi connectivity index (χ3n) is 6.46. The van der Waals surface area contributed by atoms with Gasteiger partial charge in [0.15, 0.2) is 5.69 Å². The number of nitrogens with two attached hydrogens (primary N) is 1. The van der Waals surface area contributed by atoms with Crippen molar-refractivity contribution < 1.29 is 40.0 Å². The van der Waals surface area contributed by atoms with Crippen LogP contribution in [0.15, 0.2) is 40.3 Å². The van der Waals surface area contributed by atoms with Gasteiger partial charge in [-0.25, -0.2) is 21.5 Å². The van der Waals surface area contributed by atoms with Crippen LogP contribution in [-0.4, -0.2) is 73.2 Å². The summed E-state index contributed by atoms with van der Waals surface area (Å²) in [5.41, 5.74) is 5.74. The van der Waals surface area contributed by atoms with Gasteiger partial charge in [-0.3, -0.25) is 4.79 Å². The molecular formula is C24H32F5N5O4S2. The molecule has 1 aliphatic carbocycles. The van der Waals surface area contributed by atoms with Crippen LogP contribution in [0.2, 0.25) is 0 Å². The van der Waals surface area contributed by atoms with Gasteiger partial charge in [0.05, 0.1) is 34.7 Å². The molecule has 1 heterocycles. The Balaban J connectivity index is 1.70. The predicted octanol–water partition coefficient (Wildman–Crippen LogP) is 4.40. The second-order valence-electron chi connectivity index (χ2n) is 9.45. The summed E-state index contributed by atoms with van der Waals surface area (Å²) in [4.78, 5) is 18.9. The number of hydrogen-bond donors (Lipinski definition) is 2. The summed E-state index contributed by atoms with van der Waals surface area (Å²) in [6.45, 7) is -0.424. The van der Waals surface area contributed by atoms with Crippen molar-refractivity contribution in [1.82, 2.24) is 14.2 Å². The Morgan fingerprint density at radius 3 is 2.45 bits per heavy atom. The fourth-order valence-corrected chi connectivity index (χ4v) is 6.22. The molecule has 1 aromatic heterocycles. The number of alkyl halides is 5. The molecule has 0 unspecified atom stereocenters. The average molecular weight is 614 g/mol. The zero-order valence-electron chi connectivity index (χ0n) is 21.7. The van der Waals surface area contributed by atoms with E-state index in [-0.39, 0.29) is 27.9 Å². The van der Waals surface area contributed by atoms with Crippen LogP contribution in [0.3, 0.4) is 0 Å². The molecule has 0 spiro atoms. The van der Waals surface area contributed by atoms with E-state index in [1.165, 1.54) is 30.5 Å². The Bertz CT molecular complexity index is 1220. The minimum absolute atomic E-state index is 0.126. The smallest absolute Gasteiger partial charge is 0.390 e. The van der Waals surface area contributed by atoms with Gasteiger partial charge >= 0.3 is 6.18 Å². The molecule has 1 aliphatic rings. The van der Waals surface area contributed by atoms with E-state index in [1.807, 2.05) is 0 Å². The average Bonchev–Trinajstić information content (AvgIpc) is 3.31. The Hall–Kier alpha value is -2.59. The van der Waals surface area contributed by atoms with Gasteiger partial charge in [0.2, 0.25) is 16.4 Å². The lowest BCUT2D eigenvalue weighted by Gasteiger charge is -2.30. The van der Waals surface area contributed by atoms with E-state index in [0.717, 1.165) is 55.8 Å². The van der Waals surface area contributed by atoms with Gasteiger partial charge in [-0.15, -0.1) is 21.7 Å². The van der Waals surface area contributed by atoms with E-state index in [4.69, 9.17) is 10.6 Å². The molecule has 9 nitrogen and oxygen atoms in total. The molecule has 1 saturated carbocycles. The third-order valence-corrected chi connectivity index (χ3v) is 9.36. The number of thioether (sulfide) groups is 1. The number of amides is 1. The van der Waals surface area contributed by atoms with Gasteiger partial charge in [0.1, 0.15) is 6.10 Å². The van der Waals surface area contributed by atoms with Crippen LogP contribution in [0.1, 0.15) is 49.0 Å². The lowest BCUT2D eigenvalue weighted by molar-refractivity contribution is -0.135. The summed E-state index contributed by atoms with van der Waals surface area (Å²) in [5.74, 6) is -1.28. The van der Waals surface area contributed by atoms with Crippen LogP contribution in [0.25, 0.3) is 0 Å². The van der Waals surface area contributed by atoms with E-state index in [9.17, 15) is 35.2 Å². The van der Waals surface area contributed by atoms with Gasteiger partial charge < -0.3 is 15.9 Å². The summed E-state index contributed by atoms with van der Waals surface area (Å²) in [6.07, 6.45) is -2.56. The molecule has 3 rings (SSSR count). The Kier molecular flexibility index (Phi) is 11.1. The highest BCUT2D eigenvalue weighted by atomic mass is 32.2. The lowest BCUT2D eigenvalue weighted by atomic mass is 9.85. The van der Waals surface area contributed by atoms with E-state index in [0.29, 0.717) is 9.99 Å². The molecule has 0 radical (unpaired) electrons. The highest BCUT2D eigenvalue weighted by Gasteiger charge is 2.31. The molecule has 1 atom stereocenters. The molecule has 2 aromatic rings. The topological polar surface area (TPSA) is 120 Å². The van der Waals surface area contributed by atoms with Crippen molar-refractivity contribution >= 4 is 33.4 Å². The number of hydrogen-bond acceptors (Lipinski definition) is 7. The van der Waals surface area contributed by atoms with Crippen molar-refractivity contribution in [2.75, 3.05) is 31.2 Å². The number of rotatable bonds is 14. The molecule has 1 amide bonds. The number of aromatic nitrogens is 2. The maximum absolute atomic E-state index is 12.7. The molecule has 0 bridgehead atoms. The van der Waals surface area contributed by atoms with Crippen LogP contribution in [0.5, 0.6) is 0 Å². The molecule has 224 valence electrons. The largest absolute Gasteiger partial charge is 0.391 e. The number of benzene rings is 1. The van der Waals surface area contributed by atoms with Crippen LogP contribution in [-0.2, 0) is 10.0 Å². The SMILES string of the molecule is CN(CCC(F)(F)F)S(=O)(=O)c1ccc(NC[C@@H](On2cc(SCC(F)F)c(C(N)=O)n2)C2CCCCC2)cc1. The van der Waals surface area contributed by atoms with Crippen LogP contribution < -0.4 is 15.9 Å². The summed E-state index contributed by atoms with van der Waals surface area (Å²) >= 11 is 0.749. The molecule has 1 aromatic carbocycles. The second kappa shape index (κ2) is 13.9. The predicted molar refractivity (Wildman–Crippen MR) is 140 cm³/mol. The normalized spacial score (nSPS) is 15.9. The van der Waals surface area contributed by atoms with Gasteiger partial charge in [0.25, 0.3) is 5.91 Å². The molecular weight excluding hydrogens is 581 g/mol. The first kappa shape index (κ1) is 31.9. The maximum Gasteiger partial charge on any atom is 0.390 e. The monoisotopic (exact) mass is 613 g/mol. The van der Waals surface area contributed by atoms with E-state index < -0.39 is 53.4 Å². The number of nitrogens with zero attached hydrogens (tertiary/aromatic N) is 3. The van der Waals surface area contributed by atoms with E-state index in [2.05, 4.69) is 10.4 Å². The van der Waals surface area contributed by atoms with Gasteiger partial charge in [-0.1, -0.05) is 19.3 Å². The second-order valence-corrected chi connectivity index (χ2v) is 12.6. The summed E-state index contributed by atoms with van der Waals surface area (Å²) in [7, 11) is -3.01. The summed E-state index contributed by atoms with van der Waals surface area (Å²) in [5, 5.41) is 7.23. The highest BCUT2D eigenvalue weighted by Crippen LogP contribution is 2.29. The van der Waals surface area contributed by atoms with Gasteiger partial charge in [-0.2, -0.15) is 13.2 Å². The van der Waals surface area contributed by atoms with Crippen molar-refractivity contribution in [3.05, 3.63) is 36.2 Å². The minimum atomic E-state index is -4.47. The standard InChI is InChI=1S/C24H32F5N5O4S2/c1-33(12-11-24(27,28)29)40(36,37)18-9-7-17(8-10-18)31-13-19(16-5-3-2-4-6-16)38-34-14-20(39-15-21(25)26)22(32-34)23(30)35/h7-10,14,16,19,21,31H,2-6,11-13,15H2,1H3,(H2,30,35)/t19-/m1/s1. The van der Waals surface area contributed by atoms with Crippen LogP contribution >= 0.6 is 11.8 Å². The fraction of sp³-hybridized carbons (Fsp3) is 0.583. The molecule has 1 fully saturated rings. The number of anilines is 1. The number of carbonyl (C=O) groups is 1. The molecule has 40 heavy (non-hydrogen) atoms. The number of nitrogens with one attached hydrogen (secondary N) is 1. The molecule has 0 saturated heterocycles. The van der Waals surface area contributed by atoms with E-state index in [1.54, 1.807) is 0 Å². The first-order valence-electron chi connectivity index (χ1n) is 12.6. The zero-order chi connectivity index (χ0) is 29.5. The lowest BCUT2D eigenvalue weighted by Crippen LogP contribution is -2.39. The number of halogens is 5.